The van der Waals surface area contributed by atoms with E-state index in [2.05, 4.69) is 28.2 Å². The van der Waals surface area contributed by atoms with E-state index in [1.165, 1.54) is 0 Å². The second-order valence-electron chi connectivity index (χ2n) is 7.43. The molecule has 1 aliphatic heterocycles. The number of rotatable bonds is 4. The molecule has 0 atom stereocenters. The highest BCUT2D eigenvalue weighted by atomic mass is 79.9. The van der Waals surface area contributed by atoms with Crippen molar-refractivity contribution in [3.63, 3.8) is 0 Å². The van der Waals surface area contributed by atoms with E-state index in [0.29, 0.717) is 19.4 Å². The van der Waals surface area contributed by atoms with Crippen molar-refractivity contribution in [1.82, 2.24) is 5.32 Å². The molecule has 0 spiro atoms. The number of allylic oxidation sites excluding steroid dienone is 4. The van der Waals surface area contributed by atoms with Crippen LogP contribution in [0.1, 0.15) is 63.4 Å². The fourth-order valence-electron chi connectivity index (χ4n) is 4.38. The van der Waals surface area contributed by atoms with E-state index in [-0.39, 0.29) is 17.5 Å². The maximum atomic E-state index is 12.9. The highest BCUT2D eigenvalue weighted by molar-refractivity contribution is 9.10. The van der Waals surface area contributed by atoms with Gasteiger partial charge in [-0.25, -0.2) is 0 Å². The number of Topliss-reactive ketones (excluding diaryl/α,β-unsaturated/α-hetero) is 2. The van der Waals surface area contributed by atoms with Crippen LogP contribution >= 0.6 is 15.9 Å². The molecular formula is C22H24BrNO3. The standard InChI is InChI=1S/C22H24BrNO3/c1-2-11-27-19-10-9-13(23)12-14(19)20-21-15(5-3-7-17(21)25)24-16-6-4-8-18(26)22(16)20/h9-10,12,20,24H,2-8,11H2,1H3. The third-order valence-electron chi connectivity index (χ3n) is 5.54. The first-order chi connectivity index (χ1) is 13.1. The number of carbonyl (C=O) groups is 2. The van der Waals surface area contributed by atoms with Crippen molar-refractivity contribution in [2.75, 3.05) is 6.61 Å². The number of hydrogen-bond donors (Lipinski definition) is 1. The van der Waals surface area contributed by atoms with Crippen LogP contribution in [0.15, 0.2) is 45.2 Å². The van der Waals surface area contributed by atoms with Crippen LogP contribution in [0.4, 0.5) is 0 Å². The number of ether oxygens (including phenoxy) is 1. The van der Waals surface area contributed by atoms with Gasteiger partial charge in [-0.2, -0.15) is 0 Å². The normalized spacial score (nSPS) is 20.4. The molecule has 1 N–H and O–H groups in total. The maximum absolute atomic E-state index is 12.9. The number of halogens is 1. The molecule has 0 saturated heterocycles. The Morgan fingerprint density at radius 3 is 2.26 bits per heavy atom. The molecule has 0 bridgehead atoms. The summed E-state index contributed by atoms with van der Waals surface area (Å²) in [6.45, 7) is 2.68. The highest BCUT2D eigenvalue weighted by Crippen LogP contribution is 2.48. The Bertz CT molecular complexity index is 826. The molecule has 142 valence electrons. The van der Waals surface area contributed by atoms with Crippen molar-refractivity contribution in [3.8, 4) is 5.75 Å². The third kappa shape index (κ3) is 3.38. The van der Waals surface area contributed by atoms with Gasteiger partial charge in [-0.1, -0.05) is 22.9 Å². The zero-order valence-electron chi connectivity index (χ0n) is 15.6. The van der Waals surface area contributed by atoms with Crippen LogP contribution in [0.25, 0.3) is 0 Å². The summed E-state index contributed by atoms with van der Waals surface area (Å²) in [6.07, 6.45) is 5.46. The van der Waals surface area contributed by atoms with Crippen molar-refractivity contribution in [1.29, 1.82) is 0 Å². The van der Waals surface area contributed by atoms with E-state index in [0.717, 1.165) is 70.4 Å². The Labute approximate surface area is 168 Å². The number of nitrogens with one attached hydrogen (secondary N) is 1. The lowest BCUT2D eigenvalue weighted by atomic mass is 9.71. The van der Waals surface area contributed by atoms with Crippen molar-refractivity contribution >= 4 is 27.5 Å². The number of benzene rings is 1. The third-order valence-corrected chi connectivity index (χ3v) is 6.03. The maximum Gasteiger partial charge on any atom is 0.161 e. The summed E-state index contributed by atoms with van der Waals surface area (Å²) < 4.78 is 6.94. The van der Waals surface area contributed by atoms with Crippen LogP contribution < -0.4 is 10.1 Å². The second-order valence-corrected chi connectivity index (χ2v) is 8.34. The Hall–Kier alpha value is -1.88. The molecule has 0 fully saturated rings. The fraction of sp³-hybridized carbons (Fsp3) is 0.455. The molecular weight excluding hydrogens is 406 g/mol. The van der Waals surface area contributed by atoms with Gasteiger partial charge in [-0.05, 0) is 50.3 Å². The molecule has 0 radical (unpaired) electrons. The van der Waals surface area contributed by atoms with Gasteiger partial charge >= 0.3 is 0 Å². The number of carbonyl (C=O) groups excluding carboxylic acids is 2. The molecule has 0 aromatic heterocycles. The van der Waals surface area contributed by atoms with Gasteiger partial charge in [0.05, 0.1) is 6.61 Å². The largest absolute Gasteiger partial charge is 0.493 e. The molecule has 1 aromatic rings. The predicted octanol–water partition coefficient (Wildman–Crippen LogP) is 4.94. The summed E-state index contributed by atoms with van der Waals surface area (Å²) in [5.74, 6) is 0.754. The molecule has 1 heterocycles. The number of hydrogen-bond acceptors (Lipinski definition) is 4. The first kappa shape index (κ1) is 18.5. The van der Waals surface area contributed by atoms with E-state index >= 15 is 0 Å². The average molecular weight is 430 g/mol. The quantitative estimate of drug-likeness (QED) is 0.736. The summed E-state index contributed by atoms with van der Waals surface area (Å²) in [5, 5.41) is 3.46. The molecule has 0 amide bonds. The van der Waals surface area contributed by atoms with Gasteiger partial charge in [-0.15, -0.1) is 0 Å². The lowest BCUT2D eigenvalue weighted by molar-refractivity contribution is -0.116. The monoisotopic (exact) mass is 429 g/mol. The minimum absolute atomic E-state index is 0.153. The van der Waals surface area contributed by atoms with E-state index in [9.17, 15) is 9.59 Å². The predicted molar refractivity (Wildman–Crippen MR) is 108 cm³/mol. The van der Waals surface area contributed by atoms with Crippen molar-refractivity contribution in [2.45, 2.75) is 57.8 Å². The summed E-state index contributed by atoms with van der Waals surface area (Å²) in [7, 11) is 0. The minimum atomic E-state index is -0.318. The Morgan fingerprint density at radius 2 is 1.67 bits per heavy atom. The first-order valence-electron chi connectivity index (χ1n) is 9.82. The van der Waals surface area contributed by atoms with Crippen molar-refractivity contribution < 1.29 is 14.3 Å². The van der Waals surface area contributed by atoms with Crippen LogP contribution in [0, 0.1) is 0 Å². The molecule has 2 aliphatic carbocycles. The molecule has 5 heteroatoms. The molecule has 1 aromatic carbocycles. The van der Waals surface area contributed by atoms with Crippen LogP contribution in [0.3, 0.4) is 0 Å². The Kier molecular flexibility index (Phi) is 5.22. The molecule has 27 heavy (non-hydrogen) atoms. The van der Waals surface area contributed by atoms with Crippen molar-refractivity contribution in [2.24, 2.45) is 0 Å². The topological polar surface area (TPSA) is 55.4 Å². The molecule has 4 nitrogen and oxygen atoms in total. The molecule has 0 unspecified atom stereocenters. The Morgan fingerprint density at radius 1 is 1.04 bits per heavy atom. The van der Waals surface area contributed by atoms with Gasteiger partial charge in [0, 0.05) is 51.3 Å². The fourth-order valence-corrected chi connectivity index (χ4v) is 4.76. The SMILES string of the molecule is CCCOc1ccc(Br)cc1C1C2=C(CCCC2=O)NC2=C1C(=O)CCC2. The lowest BCUT2D eigenvalue weighted by Crippen LogP contribution is -2.36. The minimum Gasteiger partial charge on any atom is -0.493 e. The van der Waals surface area contributed by atoms with Crippen LogP contribution in [0.5, 0.6) is 5.75 Å². The van der Waals surface area contributed by atoms with Gasteiger partial charge in [0.1, 0.15) is 5.75 Å². The number of dihydropyridines is 1. The van der Waals surface area contributed by atoms with Crippen LogP contribution in [0.2, 0.25) is 0 Å². The lowest BCUT2D eigenvalue weighted by Gasteiger charge is -2.37. The van der Waals surface area contributed by atoms with Gasteiger partial charge in [0.2, 0.25) is 0 Å². The van der Waals surface area contributed by atoms with Gasteiger partial charge < -0.3 is 10.1 Å². The van der Waals surface area contributed by atoms with Gasteiger partial charge in [0.25, 0.3) is 0 Å². The van der Waals surface area contributed by atoms with Crippen LogP contribution in [-0.4, -0.2) is 18.2 Å². The molecule has 0 saturated carbocycles. The average Bonchev–Trinajstić information content (AvgIpc) is 2.66. The summed E-state index contributed by atoms with van der Waals surface area (Å²) in [5.41, 5.74) is 4.48. The van der Waals surface area contributed by atoms with Gasteiger partial charge in [-0.3, -0.25) is 9.59 Å². The van der Waals surface area contributed by atoms with Crippen molar-refractivity contribution in [3.05, 3.63) is 50.8 Å². The van der Waals surface area contributed by atoms with E-state index in [1.807, 2.05) is 18.2 Å². The Balaban J connectivity index is 1.91. The summed E-state index contributed by atoms with van der Waals surface area (Å²) in [6, 6.07) is 5.91. The van der Waals surface area contributed by atoms with E-state index < -0.39 is 0 Å². The smallest absolute Gasteiger partial charge is 0.161 e. The van der Waals surface area contributed by atoms with Crippen LogP contribution in [-0.2, 0) is 9.59 Å². The van der Waals surface area contributed by atoms with Gasteiger partial charge in [0.15, 0.2) is 11.6 Å². The van der Waals surface area contributed by atoms with E-state index in [4.69, 9.17) is 4.74 Å². The second kappa shape index (κ2) is 7.63. The molecule has 3 aliphatic rings. The number of ketones is 2. The summed E-state index contributed by atoms with van der Waals surface area (Å²) in [4.78, 5) is 25.8. The molecule has 4 rings (SSSR count). The zero-order valence-corrected chi connectivity index (χ0v) is 17.2. The van der Waals surface area contributed by atoms with E-state index in [1.54, 1.807) is 0 Å². The summed E-state index contributed by atoms with van der Waals surface area (Å²) >= 11 is 3.56. The zero-order chi connectivity index (χ0) is 19.0. The highest BCUT2D eigenvalue weighted by Gasteiger charge is 2.41. The first-order valence-corrected chi connectivity index (χ1v) is 10.6.